The first kappa shape index (κ1) is 27.2. The second-order valence-electron chi connectivity index (χ2n) is 8.14. The average molecular weight is 511 g/mol. The molecule has 2 aromatic carbocycles. The van der Waals surface area contributed by atoms with Crippen LogP contribution in [-0.4, -0.2) is 54.4 Å². The molecule has 0 spiro atoms. The number of nitrogen functional groups attached to an aromatic ring is 1. The van der Waals surface area contributed by atoms with E-state index >= 15 is 0 Å². The van der Waals surface area contributed by atoms with Gasteiger partial charge in [-0.3, -0.25) is 19.1 Å². The third-order valence-corrected chi connectivity index (χ3v) is 5.42. The van der Waals surface area contributed by atoms with Crippen LogP contribution in [0.2, 0.25) is 0 Å². The van der Waals surface area contributed by atoms with Crippen LogP contribution >= 0.6 is 0 Å². The SMILES string of the molecule is COCCCN(C(=O)COC(=O)C(C)Oc1ccccc1)c1c(N)n(Cc2ccccc2)c(=O)[nH]c1=O. The summed E-state index contributed by atoms with van der Waals surface area (Å²) in [7, 11) is 1.50. The van der Waals surface area contributed by atoms with Crippen LogP contribution in [0.3, 0.4) is 0 Å². The Morgan fingerprint density at radius 1 is 1.05 bits per heavy atom. The van der Waals surface area contributed by atoms with Gasteiger partial charge in [-0.2, -0.15) is 0 Å². The van der Waals surface area contributed by atoms with Crippen molar-refractivity contribution in [2.75, 3.05) is 37.5 Å². The number of H-pyrrole nitrogens is 1. The molecule has 0 aliphatic carbocycles. The number of carbonyl (C=O) groups is 2. The lowest BCUT2D eigenvalue weighted by atomic mass is 10.2. The maximum Gasteiger partial charge on any atom is 0.347 e. The van der Waals surface area contributed by atoms with E-state index in [1.54, 1.807) is 48.5 Å². The Morgan fingerprint density at radius 3 is 2.35 bits per heavy atom. The number of rotatable bonds is 12. The molecule has 11 nitrogen and oxygen atoms in total. The van der Waals surface area contributed by atoms with Crippen LogP contribution in [0.4, 0.5) is 11.5 Å². The molecule has 0 fully saturated rings. The Balaban J connectivity index is 1.81. The molecule has 0 saturated carbocycles. The Morgan fingerprint density at radius 2 is 1.70 bits per heavy atom. The number of hydrogen-bond donors (Lipinski definition) is 2. The fourth-order valence-corrected chi connectivity index (χ4v) is 3.57. The van der Waals surface area contributed by atoms with Gasteiger partial charge in [-0.25, -0.2) is 9.59 Å². The average Bonchev–Trinajstić information content (AvgIpc) is 2.89. The predicted molar refractivity (Wildman–Crippen MR) is 138 cm³/mol. The summed E-state index contributed by atoms with van der Waals surface area (Å²) < 4.78 is 16.9. The van der Waals surface area contributed by atoms with E-state index in [0.717, 1.165) is 10.5 Å². The molecular weight excluding hydrogens is 480 g/mol. The molecule has 1 unspecified atom stereocenters. The fourth-order valence-electron chi connectivity index (χ4n) is 3.57. The number of methoxy groups -OCH3 is 1. The summed E-state index contributed by atoms with van der Waals surface area (Å²) in [6.07, 6.45) is -0.612. The van der Waals surface area contributed by atoms with Gasteiger partial charge in [0.25, 0.3) is 11.5 Å². The number of anilines is 2. The van der Waals surface area contributed by atoms with Crippen molar-refractivity contribution in [3.63, 3.8) is 0 Å². The quantitative estimate of drug-likeness (QED) is 0.276. The first-order chi connectivity index (χ1) is 17.8. The number of benzene rings is 2. The van der Waals surface area contributed by atoms with Crippen molar-refractivity contribution >= 4 is 23.4 Å². The molecule has 3 N–H and O–H groups in total. The van der Waals surface area contributed by atoms with Gasteiger partial charge >= 0.3 is 11.7 Å². The molecule has 3 aromatic rings. The van der Waals surface area contributed by atoms with E-state index in [2.05, 4.69) is 4.98 Å². The van der Waals surface area contributed by atoms with Crippen molar-refractivity contribution < 1.29 is 23.8 Å². The Labute approximate surface area is 213 Å². The Kier molecular flexibility index (Phi) is 9.61. The van der Waals surface area contributed by atoms with Crippen LogP contribution in [-0.2, 0) is 25.6 Å². The smallest absolute Gasteiger partial charge is 0.347 e. The number of aromatic nitrogens is 2. The minimum atomic E-state index is -0.974. The number of hydrogen-bond acceptors (Lipinski definition) is 8. The van der Waals surface area contributed by atoms with E-state index in [1.807, 2.05) is 12.1 Å². The van der Waals surface area contributed by atoms with Crippen LogP contribution in [0.25, 0.3) is 0 Å². The first-order valence-electron chi connectivity index (χ1n) is 11.7. The minimum Gasteiger partial charge on any atom is -0.479 e. The second kappa shape index (κ2) is 13.1. The number of amides is 1. The molecule has 1 heterocycles. The predicted octanol–water partition coefficient (Wildman–Crippen LogP) is 1.55. The van der Waals surface area contributed by atoms with Gasteiger partial charge in [-0.05, 0) is 31.0 Å². The summed E-state index contributed by atoms with van der Waals surface area (Å²) in [5, 5.41) is 0. The number of carbonyl (C=O) groups excluding carboxylic acids is 2. The number of aromatic amines is 1. The van der Waals surface area contributed by atoms with Crippen molar-refractivity contribution in [2.24, 2.45) is 0 Å². The maximum atomic E-state index is 13.2. The molecule has 37 heavy (non-hydrogen) atoms. The van der Waals surface area contributed by atoms with Gasteiger partial charge in [0.15, 0.2) is 18.4 Å². The van der Waals surface area contributed by atoms with E-state index in [0.29, 0.717) is 18.8 Å². The molecule has 1 aromatic heterocycles. The summed E-state index contributed by atoms with van der Waals surface area (Å²) in [6.45, 7) is 1.26. The highest BCUT2D eigenvalue weighted by molar-refractivity contribution is 5.97. The number of nitrogens with one attached hydrogen (secondary N) is 1. The van der Waals surface area contributed by atoms with Crippen molar-refractivity contribution in [3.05, 3.63) is 87.1 Å². The summed E-state index contributed by atoms with van der Waals surface area (Å²) in [5.41, 5.74) is 5.28. The molecule has 1 amide bonds. The van der Waals surface area contributed by atoms with E-state index in [1.165, 1.54) is 18.6 Å². The number of nitrogens with zero attached hydrogens (tertiary/aromatic N) is 2. The molecule has 0 saturated heterocycles. The van der Waals surface area contributed by atoms with Crippen LogP contribution < -0.4 is 26.6 Å². The molecule has 1 atom stereocenters. The van der Waals surface area contributed by atoms with Gasteiger partial charge in [0.2, 0.25) is 0 Å². The zero-order valence-electron chi connectivity index (χ0n) is 20.7. The van der Waals surface area contributed by atoms with Crippen LogP contribution in [0, 0.1) is 0 Å². The maximum absolute atomic E-state index is 13.2. The number of ether oxygens (including phenoxy) is 3. The molecule has 3 rings (SSSR count). The molecule has 196 valence electrons. The van der Waals surface area contributed by atoms with Crippen LogP contribution in [0.15, 0.2) is 70.3 Å². The van der Waals surface area contributed by atoms with Crippen molar-refractivity contribution in [1.82, 2.24) is 9.55 Å². The molecule has 0 aliphatic rings. The first-order valence-corrected chi connectivity index (χ1v) is 11.7. The van der Waals surface area contributed by atoms with Crippen molar-refractivity contribution in [1.29, 1.82) is 0 Å². The van der Waals surface area contributed by atoms with Gasteiger partial charge in [0.05, 0.1) is 6.54 Å². The molecule has 11 heteroatoms. The fraction of sp³-hybridized carbons (Fsp3) is 0.308. The molecule has 0 radical (unpaired) electrons. The highest BCUT2D eigenvalue weighted by Gasteiger charge is 2.26. The van der Waals surface area contributed by atoms with Gasteiger partial charge in [-0.15, -0.1) is 0 Å². The van der Waals surface area contributed by atoms with Crippen molar-refractivity contribution in [2.45, 2.75) is 26.0 Å². The topological polar surface area (TPSA) is 146 Å². The van der Waals surface area contributed by atoms with E-state index in [4.69, 9.17) is 19.9 Å². The number of para-hydroxylation sites is 1. The summed E-state index contributed by atoms with van der Waals surface area (Å²) >= 11 is 0. The lowest BCUT2D eigenvalue weighted by Crippen LogP contribution is -2.44. The zero-order chi connectivity index (χ0) is 26.8. The normalized spacial score (nSPS) is 11.5. The monoisotopic (exact) mass is 510 g/mol. The van der Waals surface area contributed by atoms with E-state index in [9.17, 15) is 19.2 Å². The number of nitrogens with two attached hydrogens (primary N) is 1. The summed E-state index contributed by atoms with van der Waals surface area (Å²) in [6, 6.07) is 17.7. The van der Waals surface area contributed by atoms with E-state index in [-0.39, 0.29) is 24.6 Å². The van der Waals surface area contributed by atoms with Gasteiger partial charge in [0.1, 0.15) is 11.6 Å². The van der Waals surface area contributed by atoms with Gasteiger partial charge in [-0.1, -0.05) is 48.5 Å². The summed E-state index contributed by atoms with van der Waals surface area (Å²) in [4.78, 5) is 54.2. The van der Waals surface area contributed by atoms with Gasteiger partial charge < -0.3 is 24.8 Å². The minimum absolute atomic E-state index is 0.0388. The third-order valence-electron chi connectivity index (χ3n) is 5.42. The lowest BCUT2D eigenvalue weighted by Gasteiger charge is -2.24. The Bertz CT molecular complexity index is 1310. The zero-order valence-corrected chi connectivity index (χ0v) is 20.7. The summed E-state index contributed by atoms with van der Waals surface area (Å²) in [5.74, 6) is -1.17. The largest absolute Gasteiger partial charge is 0.479 e. The van der Waals surface area contributed by atoms with Crippen LogP contribution in [0.1, 0.15) is 18.9 Å². The van der Waals surface area contributed by atoms with Gasteiger partial charge in [0, 0.05) is 20.3 Å². The molecule has 0 aliphatic heterocycles. The molecule has 0 bridgehead atoms. The third kappa shape index (κ3) is 7.31. The lowest BCUT2D eigenvalue weighted by molar-refractivity contribution is -0.154. The highest BCUT2D eigenvalue weighted by atomic mass is 16.6. The van der Waals surface area contributed by atoms with Crippen LogP contribution in [0.5, 0.6) is 5.75 Å². The highest BCUT2D eigenvalue weighted by Crippen LogP contribution is 2.19. The van der Waals surface area contributed by atoms with E-state index < -0.39 is 35.8 Å². The van der Waals surface area contributed by atoms with Crippen molar-refractivity contribution in [3.8, 4) is 5.75 Å². The molecular formula is C26H30N4O7. The standard InChI is InChI=1S/C26H30N4O7/c1-18(37-20-12-7-4-8-13-20)25(33)36-17-21(31)29(14-9-15-35-2)22-23(27)30(26(34)28-24(22)32)16-19-10-5-3-6-11-19/h3-8,10-13,18H,9,14-17,27H2,1-2H3,(H,28,32,34). The second-order valence-corrected chi connectivity index (χ2v) is 8.14. The Hall–Kier alpha value is -4.38. The number of esters is 1.